The van der Waals surface area contributed by atoms with Crippen LogP contribution in [0.15, 0.2) is 53.9 Å². The Balaban J connectivity index is 1.42. The number of thiophene rings is 1. The number of benzene rings is 2. The van der Waals surface area contributed by atoms with Gasteiger partial charge in [0.1, 0.15) is 0 Å². The van der Waals surface area contributed by atoms with Gasteiger partial charge < -0.3 is 10.0 Å². The van der Waals surface area contributed by atoms with Crippen molar-refractivity contribution in [3.63, 3.8) is 0 Å². The van der Waals surface area contributed by atoms with Crippen molar-refractivity contribution in [1.29, 1.82) is 0 Å². The zero-order valence-electron chi connectivity index (χ0n) is 14.9. The molecule has 3 aromatic rings. The van der Waals surface area contributed by atoms with E-state index in [1.165, 1.54) is 0 Å². The number of aromatic carboxylic acids is 1. The molecule has 1 saturated heterocycles. The van der Waals surface area contributed by atoms with E-state index < -0.39 is 5.97 Å². The summed E-state index contributed by atoms with van der Waals surface area (Å²) in [5.74, 6) is -0.354. The normalized spacial score (nSPS) is 15.2. The highest BCUT2D eigenvalue weighted by molar-refractivity contribution is 7.17. The molecule has 1 amide bonds. The number of nitrogens with zero attached hydrogens (tertiary/aromatic N) is 1. The number of rotatable bonds is 4. The number of hydrogen-bond donors (Lipinski definition) is 1. The zero-order valence-corrected chi connectivity index (χ0v) is 15.7. The summed E-state index contributed by atoms with van der Waals surface area (Å²) in [6.45, 7) is 1.45. The summed E-state index contributed by atoms with van der Waals surface area (Å²) in [7, 11) is 0. The van der Waals surface area contributed by atoms with Gasteiger partial charge in [0.25, 0.3) is 5.91 Å². The van der Waals surface area contributed by atoms with Gasteiger partial charge in [-0.1, -0.05) is 36.4 Å². The van der Waals surface area contributed by atoms with Crippen molar-refractivity contribution in [2.75, 3.05) is 13.1 Å². The number of carbonyl (C=O) groups excluding carboxylic acids is 1. The molecule has 1 N–H and O–H groups in total. The number of carbonyl (C=O) groups is 2. The van der Waals surface area contributed by atoms with E-state index in [9.17, 15) is 14.7 Å². The van der Waals surface area contributed by atoms with Gasteiger partial charge in [0.2, 0.25) is 0 Å². The van der Waals surface area contributed by atoms with Gasteiger partial charge in [0.05, 0.1) is 11.1 Å². The molecule has 0 bridgehead atoms. The average Bonchev–Trinajstić information content (AvgIpc) is 3.12. The third-order valence-corrected chi connectivity index (χ3v) is 6.33. The van der Waals surface area contributed by atoms with Crippen LogP contribution < -0.4 is 0 Å². The van der Waals surface area contributed by atoms with E-state index in [2.05, 4.69) is 0 Å². The second-order valence-electron chi connectivity index (χ2n) is 7.05. The average molecular weight is 379 g/mol. The molecule has 4 rings (SSSR count). The minimum absolute atomic E-state index is 0.108. The highest BCUT2D eigenvalue weighted by Crippen LogP contribution is 2.29. The predicted molar refractivity (Wildman–Crippen MR) is 108 cm³/mol. The summed E-state index contributed by atoms with van der Waals surface area (Å²) < 4.78 is 1.14. The topological polar surface area (TPSA) is 57.6 Å². The van der Waals surface area contributed by atoms with E-state index in [1.807, 2.05) is 46.7 Å². The van der Waals surface area contributed by atoms with Crippen LogP contribution in [0.5, 0.6) is 0 Å². The van der Waals surface area contributed by atoms with Crippen LogP contribution in [0.25, 0.3) is 10.1 Å². The molecule has 1 aliphatic heterocycles. The number of piperidine rings is 1. The maximum absolute atomic E-state index is 12.9. The van der Waals surface area contributed by atoms with E-state index in [4.69, 9.17) is 0 Å². The number of amides is 1. The first-order valence-corrected chi connectivity index (χ1v) is 10.1. The molecular weight excluding hydrogens is 358 g/mol. The predicted octanol–water partition coefficient (Wildman–Crippen LogP) is 4.69. The smallest absolute Gasteiger partial charge is 0.335 e. The lowest BCUT2D eigenvalue weighted by atomic mass is 9.88. The van der Waals surface area contributed by atoms with Crippen LogP contribution in [0.3, 0.4) is 0 Å². The van der Waals surface area contributed by atoms with Gasteiger partial charge in [0.15, 0.2) is 0 Å². The standard InChI is InChI=1S/C22H21NO3S/c24-21(19-14-27-20-8-4-3-7-18(19)20)23-11-9-15(10-12-23)13-16-5-1-2-6-17(16)22(25)26/h1-8,14-15H,9-13H2,(H,25,26). The first-order valence-electron chi connectivity index (χ1n) is 9.20. The fourth-order valence-corrected chi connectivity index (χ4v) is 4.81. The maximum Gasteiger partial charge on any atom is 0.335 e. The van der Waals surface area contributed by atoms with E-state index in [0.717, 1.165) is 53.6 Å². The Hall–Kier alpha value is -2.66. The third-order valence-electron chi connectivity index (χ3n) is 5.37. The van der Waals surface area contributed by atoms with Crippen molar-refractivity contribution in [3.05, 3.63) is 70.6 Å². The molecule has 2 aromatic carbocycles. The van der Waals surface area contributed by atoms with E-state index >= 15 is 0 Å². The van der Waals surface area contributed by atoms with Crippen molar-refractivity contribution in [3.8, 4) is 0 Å². The molecule has 0 unspecified atom stereocenters. The lowest BCUT2D eigenvalue weighted by molar-refractivity contribution is 0.0693. The molecule has 0 spiro atoms. The number of carboxylic acids is 1. The molecule has 138 valence electrons. The summed E-state index contributed by atoms with van der Waals surface area (Å²) in [5, 5.41) is 12.3. The van der Waals surface area contributed by atoms with Crippen LogP contribution in [0, 0.1) is 5.92 Å². The first kappa shape index (κ1) is 17.7. The second kappa shape index (κ2) is 7.53. The van der Waals surface area contributed by atoms with Gasteiger partial charge in [-0.25, -0.2) is 4.79 Å². The number of fused-ring (bicyclic) bond motifs is 1. The Morgan fingerprint density at radius 2 is 1.70 bits per heavy atom. The van der Waals surface area contributed by atoms with Gasteiger partial charge in [-0.3, -0.25) is 4.79 Å². The van der Waals surface area contributed by atoms with E-state index in [1.54, 1.807) is 23.5 Å². The van der Waals surface area contributed by atoms with Crippen LogP contribution in [0.1, 0.15) is 39.1 Å². The highest BCUT2D eigenvalue weighted by Gasteiger charge is 2.26. The van der Waals surface area contributed by atoms with Crippen molar-refractivity contribution in [2.45, 2.75) is 19.3 Å². The molecule has 1 fully saturated rings. The van der Waals surface area contributed by atoms with Crippen LogP contribution in [-0.2, 0) is 6.42 Å². The summed E-state index contributed by atoms with van der Waals surface area (Å²) in [5.41, 5.74) is 2.07. The molecule has 0 saturated carbocycles. The van der Waals surface area contributed by atoms with Crippen LogP contribution in [0.4, 0.5) is 0 Å². The number of hydrogen-bond acceptors (Lipinski definition) is 3. The monoisotopic (exact) mass is 379 g/mol. The van der Waals surface area contributed by atoms with Crippen molar-refractivity contribution in [2.24, 2.45) is 5.92 Å². The molecule has 0 aliphatic carbocycles. The number of likely N-dealkylation sites (tertiary alicyclic amines) is 1. The fourth-order valence-electron chi connectivity index (χ4n) is 3.87. The van der Waals surface area contributed by atoms with Gasteiger partial charge in [-0.2, -0.15) is 0 Å². The maximum atomic E-state index is 12.9. The summed E-state index contributed by atoms with van der Waals surface area (Å²) in [6.07, 6.45) is 2.56. The molecule has 0 radical (unpaired) electrons. The molecule has 1 aromatic heterocycles. The molecule has 27 heavy (non-hydrogen) atoms. The molecule has 1 aliphatic rings. The lowest BCUT2D eigenvalue weighted by Gasteiger charge is -2.32. The summed E-state index contributed by atoms with van der Waals surface area (Å²) >= 11 is 1.61. The Morgan fingerprint density at radius 1 is 1.00 bits per heavy atom. The minimum Gasteiger partial charge on any atom is -0.478 e. The first-order chi connectivity index (χ1) is 13.1. The molecular formula is C22H21NO3S. The van der Waals surface area contributed by atoms with E-state index in [0.29, 0.717) is 11.5 Å². The molecule has 5 heteroatoms. The third kappa shape index (κ3) is 3.60. The van der Waals surface area contributed by atoms with Crippen molar-refractivity contribution >= 4 is 33.3 Å². The molecule has 4 nitrogen and oxygen atoms in total. The van der Waals surface area contributed by atoms with Gasteiger partial charge in [-0.15, -0.1) is 11.3 Å². The molecule has 2 heterocycles. The van der Waals surface area contributed by atoms with Crippen molar-refractivity contribution < 1.29 is 14.7 Å². The Bertz CT molecular complexity index is 986. The van der Waals surface area contributed by atoms with Gasteiger partial charge in [-0.05, 0) is 42.9 Å². The zero-order chi connectivity index (χ0) is 18.8. The van der Waals surface area contributed by atoms with Crippen LogP contribution >= 0.6 is 11.3 Å². The fraction of sp³-hybridized carbons (Fsp3) is 0.273. The Labute approximate surface area is 162 Å². The van der Waals surface area contributed by atoms with Crippen LogP contribution in [-0.4, -0.2) is 35.0 Å². The Morgan fingerprint density at radius 3 is 2.48 bits per heavy atom. The SMILES string of the molecule is O=C(O)c1ccccc1CC1CCN(C(=O)c2csc3ccccc23)CC1. The van der Waals surface area contributed by atoms with Gasteiger partial charge in [0, 0.05) is 28.6 Å². The summed E-state index contributed by atoms with van der Waals surface area (Å²) in [4.78, 5) is 26.3. The second-order valence-corrected chi connectivity index (χ2v) is 7.96. The summed E-state index contributed by atoms with van der Waals surface area (Å²) in [6, 6.07) is 15.2. The number of carboxylic acid groups (broad SMARTS) is 1. The largest absolute Gasteiger partial charge is 0.478 e. The Kier molecular flexibility index (Phi) is 4.94. The van der Waals surface area contributed by atoms with Gasteiger partial charge >= 0.3 is 5.97 Å². The highest BCUT2D eigenvalue weighted by atomic mass is 32.1. The molecule has 0 atom stereocenters. The lowest BCUT2D eigenvalue weighted by Crippen LogP contribution is -2.38. The van der Waals surface area contributed by atoms with Crippen molar-refractivity contribution in [1.82, 2.24) is 4.90 Å². The quantitative estimate of drug-likeness (QED) is 0.715. The van der Waals surface area contributed by atoms with E-state index in [-0.39, 0.29) is 5.91 Å². The minimum atomic E-state index is -0.873. The van der Waals surface area contributed by atoms with Crippen LogP contribution in [0.2, 0.25) is 0 Å².